The maximum Gasteiger partial charge on any atom is 0.120 e. The predicted molar refractivity (Wildman–Crippen MR) is 131 cm³/mol. The molecule has 0 spiro atoms. The van der Waals surface area contributed by atoms with E-state index in [2.05, 4.69) is 62.7 Å². The second kappa shape index (κ2) is 8.58. The number of hydrogen-bond acceptors (Lipinski definition) is 3. The first-order chi connectivity index (χ1) is 14.3. The molecule has 0 saturated heterocycles. The van der Waals surface area contributed by atoms with Gasteiger partial charge in [0, 0.05) is 39.2 Å². The Morgan fingerprint density at radius 3 is 1.53 bits per heavy atom. The lowest BCUT2D eigenvalue weighted by Gasteiger charge is -2.28. The molecule has 0 aliphatic carbocycles. The average molecular weight is 529 g/mol. The van der Waals surface area contributed by atoms with Gasteiger partial charge in [0.05, 0.1) is 0 Å². The molecule has 0 saturated carbocycles. The summed E-state index contributed by atoms with van der Waals surface area (Å²) in [7, 11) is 0. The Kier molecular flexibility index (Phi) is 6.05. The highest BCUT2D eigenvalue weighted by molar-refractivity contribution is 9.10. The summed E-state index contributed by atoms with van der Waals surface area (Å²) in [5, 5.41) is 25.5. The smallest absolute Gasteiger partial charge is 0.120 e. The second-order valence-corrected chi connectivity index (χ2v) is 9.69. The highest BCUT2D eigenvalue weighted by Crippen LogP contribution is 2.34. The molecule has 0 unspecified atom stereocenters. The summed E-state index contributed by atoms with van der Waals surface area (Å²) < 4.78 is 2.03. The molecule has 154 valence electrons. The largest absolute Gasteiger partial charge is 0.508 e. The van der Waals surface area contributed by atoms with Crippen LogP contribution in [0.3, 0.4) is 0 Å². The summed E-state index contributed by atoms with van der Waals surface area (Å²) in [6, 6.07) is 19.8. The summed E-state index contributed by atoms with van der Waals surface area (Å²) in [6.07, 6.45) is 0. The third-order valence-corrected chi connectivity index (χ3v) is 6.58. The van der Waals surface area contributed by atoms with E-state index >= 15 is 0 Å². The Bertz CT molecular complexity index is 1140. The zero-order chi connectivity index (χ0) is 21.4. The van der Waals surface area contributed by atoms with Crippen LogP contribution in [0.15, 0.2) is 69.6 Å². The van der Waals surface area contributed by atoms with Crippen LogP contribution in [-0.4, -0.2) is 21.2 Å². The van der Waals surface area contributed by atoms with Crippen molar-refractivity contribution in [2.45, 2.75) is 33.0 Å². The maximum atomic E-state index is 10.6. The average Bonchev–Trinajstić information content (AvgIpc) is 2.70. The molecule has 0 amide bonds. The third-order valence-electron chi connectivity index (χ3n) is 5.59. The van der Waals surface area contributed by atoms with Gasteiger partial charge in [0.25, 0.3) is 0 Å². The van der Waals surface area contributed by atoms with Crippen molar-refractivity contribution in [1.82, 2.24) is 4.90 Å². The van der Waals surface area contributed by atoms with Gasteiger partial charge in [0.2, 0.25) is 0 Å². The minimum absolute atomic E-state index is 0.222. The molecule has 3 nitrogen and oxygen atoms in total. The first-order valence-corrected chi connectivity index (χ1v) is 11.5. The summed E-state index contributed by atoms with van der Waals surface area (Å²) in [4.78, 5) is 2.27. The molecule has 2 N–H and O–H groups in total. The Hall–Kier alpha value is -2.08. The number of rotatable bonds is 5. The van der Waals surface area contributed by atoms with E-state index in [1.54, 1.807) is 12.1 Å². The molecule has 30 heavy (non-hydrogen) atoms. The quantitative estimate of drug-likeness (QED) is 0.285. The van der Waals surface area contributed by atoms with Crippen LogP contribution in [-0.2, 0) is 13.1 Å². The van der Waals surface area contributed by atoms with Crippen molar-refractivity contribution in [1.29, 1.82) is 0 Å². The number of phenolic OH excluding ortho intramolecular Hbond substituents is 2. The first-order valence-electron chi connectivity index (χ1n) is 9.88. The van der Waals surface area contributed by atoms with Crippen LogP contribution in [0.25, 0.3) is 21.5 Å². The molecule has 4 aromatic carbocycles. The molecule has 4 aromatic rings. The third kappa shape index (κ3) is 4.20. The molecule has 0 atom stereocenters. The maximum absolute atomic E-state index is 10.6. The molecule has 0 aliphatic heterocycles. The topological polar surface area (TPSA) is 43.7 Å². The molecule has 0 aliphatic rings. The summed E-state index contributed by atoms with van der Waals surface area (Å²) >= 11 is 7.05. The Morgan fingerprint density at radius 2 is 1.13 bits per heavy atom. The normalized spacial score (nSPS) is 11.8. The number of halogens is 2. The molecule has 0 aromatic heterocycles. The van der Waals surface area contributed by atoms with Crippen LogP contribution in [0, 0.1) is 0 Å². The zero-order valence-electron chi connectivity index (χ0n) is 16.9. The lowest BCUT2D eigenvalue weighted by Crippen LogP contribution is -2.30. The molecule has 0 bridgehead atoms. The van der Waals surface area contributed by atoms with Crippen molar-refractivity contribution in [3.8, 4) is 11.5 Å². The minimum Gasteiger partial charge on any atom is -0.508 e. The van der Waals surface area contributed by atoms with Gasteiger partial charge >= 0.3 is 0 Å². The lowest BCUT2D eigenvalue weighted by atomic mass is 10.0. The number of fused-ring (bicyclic) bond motifs is 2. The molecule has 5 heteroatoms. The van der Waals surface area contributed by atoms with Crippen molar-refractivity contribution in [3.05, 3.63) is 80.7 Å². The van der Waals surface area contributed by atoms with Crippen LogP contribution in [0.5, 0.6) is 11.5 Å². The fourth-order valence-electron chi connectivity index (χ4n) is 3.87. The molecule has 0 heterocycles. The fraction of sp³-hybridized carbons (Fsp3) is 0.200. The van der Waals surface area contributed by atoms with Crippen LogP contribution in [0.4, 0.5) is 0 Å². The van der Waals surface area contributed by atoms with E-state index < -0.39 is 0 Å². The zero-order valence-corrected chi connectivity index (χ0v) is 20.0. The minimum atomic E-state index is 0.222. The summed E-state index contributed by atoms with van der Waals surface area (Å²) in [5.41, 5.74) is 1.80. The molecule has 0 fully saturated rings. The fourth-order valence-corrected chi connectivity index (χ4v) is 4.62. The number of nitrogens with zero attached hydrogens (tertiary/aromatic N) is 1. The van der Waals surface area contributed by atoms with Crippen LogP contribution < -0.4 is 0 Å². The van der Waals surface area contributed by atoms with Crippen LogP contribution in [0.1, 0.15) is 25.0 Å². The number of hydrogen-bond donors (Lipinski definition) is 2. The molecular formula is C25H23Br2NO2. The van der Waals surface area contributed by atoms with Crippen molar-refractivity contribution >= 4 is 53.4 Å². The van der Waals surface area contributed by atoms with E-state index in [0.29, 0.717) is 24.6 Å². The molecule has 4 rings (SSSR count). The van der Waals surface area contributed by atoms with Crippen LogP contribution in [0.2, 0.25) is 0 Å². The number of benzene rings is 4. The van der Waals surface area contributed by atoms with Gasteiger partial charge in [-0.1, -0.05) is 56.1 Å². The standard InChI is InChI=1S/C25H23Br2NO2/c1-15(2)28(13-22-20-7-5-18(26)11-16(20)3-9-24(22)29)14-23-21-8-6-19(27)12-17(21)4-10-25(23)30/h3-12,15,29-30H,13-14H2,1-2H3. The van der Waals surface area contributed by atoms with Gasteiger partial charge in [0.1, 0.15) is 11.5 Å². The monoisotopic (exact) mass is 527 g/mol. The highest BCUT2D eigenvalue weighted by atomic mass is 79.9. The predicted octanol–water partition coefficient (Wildman–Crippen LogP) is 7.34. The Morgan fingerprint density at radius 1 is 0.700 bits per heavy atom. The first kappa shape index (κ1) is 21.2. The van der Waals surface area contributed by atoms with E-state index in [-0.39, 0.29) is 6.04 Å². The van der Waals surface area contributed by atoms with Gasteiger partial charge in [-0.05, 0) is 71.8 Å². The van der Waals surface area contributed by atoms with Crippen LogP contribution >= 0.6 is 31.9 Å². The van der Waals surface area contributed by atoms with E-state index in [1.807, 2.05) is 36.4 Å². The van der Waals surface area contributed by atoms with E-state index in [1.165, 1.54) is 0 Å². The van der Waals surface area contributed by atoms with Crippen molar-refractivity contribution in [2.75, 3.05) is 0 Å². The van der Waals surface area contributed by atoms with Gasteiger partial charge in [0.15, 0.2) is 0 Å². The van der Waals surface area contributed by atoms with Gasteiger partial charge in [-0.2, -0.15) is 0 Å². The van der Waals surface area contributed by atoms with Gasteiger partial charge < -0.3 is 10.2 Å². The number of aromatic hydroxyl groups is 2. The Balaban J connectivity index is 1.75. The van der Waals surface area contributed by atoms with E-state index in [4.69, 9.17) is 0 Å². The second-order valence-electron chi connectivity index (χ2n) is 7.86. The summed E-state index contributed by atoms with van der Waals surface area (Å²) in [5.74, 6) is 0.586. The lowest BCUT2D eigenvalue weighted by molar-refractivity contribution is 0.201. The van der Waals surface area contributed by atoms with Crippen molar-refractivity contribution in [3.63, 3.8) is 0 Å². The van der Waals surface area contributed by atoms with Gasteiger partial charge in [-0.15, -0.1) is 0 Å². The van der Waals surface area contributed by atoms with Crippen molar-refractivity contribution in [2.24, 2.45) is 0 Å². The highest BCUT2D eigenvalue weighted by Gasteiger charge is 2.18. The van der Waals surface area contributed by atoms with E-state index in [0.717, 1.165) is 41.6 Å². The van der Waals surface area contributed by atoms with E-state index in [9.17, 15) is 10.2 Å². The van der Waals surface area contributed by atoms with Crippen molar-refractivity contribution < 1.29 is 10.2 Å². The molecule has 0 radical (unpaired) electrons. The summed E-state index contributed by atoms with van der Waals surface area (Å²) in [6.45, 7) is 5.43. The molecular weight excluding hydrogens is 506 g/mol. The van der Waals surface area contributed by atoms with Gasteiger partial charge in [-0.25, -0.2) is 0 Å². The van der Waals surface area contributed by atoms with Gasteiger partial charge in [-0.3, -0.25) is 4.90 Å². The SMILES string of the molecule is CC(C)N(Cc1c(O)ccc2cc(Br)ccc12)Cc1c(O)ccc2cc(Br)ccc12. The number of phenols is 2. The Labute approximate surface area is 193 Å².